The molecule has 2 aromatic heterocycles. The number of nitrogens with zero attached hydrogens (tertiary/aromatic N) is 4. The van der Waals surface area contributed by atoms with Crippen molar-refractivity contribution in [1.82, 2.24) is 25.1 Å². The molecule has 3 aliphatic heterocycles. The van der Waals surface area contributed by atoms with Crippen molar-refractivity contribution in [1.29, 1.82) is 0 Å². The number of nitrogens with one attached hydrogen (secondary N) is 2. The smallest absolute Gasteiger partial charge is 0.253 e. The first kappa shape index (κ1) is 29.4. The van der Waals surface area contributed by atoms with E-state index in [4.69, 9.17) is 9.97 Å². The van der Waals surface area contributed by atoms with Gasteiger partial charge in [-0.15, -0.1) is 0 Å². The molecule has 2 amide bonds. The number of carbonyl (C=O) groups is 2. The zero-order chi connectivity index (χ0) is 31.1. The highest BCUT2D eigenvalue weighted by molar-refractivity contribution is 5.98. The number of allylic oxidation sites excluding steroid dienone is 2. The predicted octanol–water partition coefficient (Wildman–Crippen LogP) is 5.08. The van der Waals surface area contributed by atoms with Gasteiger partial charge in [0.05, 0.1) is 5.56 Å². The van der Waals surface area contributed by atoms with Crippen LogP contribution in [0, 0.1) is 0 Å². The average molecular weight is 603 g/mol. The first-order chi connectivity index (χ1) is 21.8. The molecule has 0 radical (unpaired) electrons. The van der Waals surface area contributed by atoms with Crippen LogP contribution in [0.5, 0.6) is 0 Å². The molecule has 3 aromatic rings. The molecule has 5 heterocycles. The maximum absolute atomic E-state index is 14.0. The van der Waals surface area contributed by atoms with Gasteiger partial charge in [0.15, 0.2) is 0 Å². The van der Waals surface area contributed by atoms with E-state index >= 15 is 0 Å². The van der Waals surface area contributed by atoms with E-state index < -0.39 is 6.04 Å². The van der Waals surface area contributed by atoms with Gasteiger partial charge in [-0.2, -0.15) is 0 Å². The maximum atomic E-state index is 14.0. The number of benzene rings is 1. The Labute approximate surface area is 265 Å². The molecule has 3 unspecified atom stereocenters. The number of pyridine rings is 2. The second kappa shape index (κ2) is 11.9. The minimum Gasteiger partial charge on any atom is -0.343 e. The highest BCUT2D eigenvalue weighted by Crippen LogP contribution is 2.50. The molecule has 1 fully saturated rings. The van der Waals surface area contributed by atoms with Crippen LogP contribution in [0.25, 0.3) is 6.08 Å². The predicted molar refractivity (Wildman–Crippen MR) is 177 cm³/mol. The molecule has 2 N–H and O–H groups in total. The summed E-state index contributed by atoms with van der Waals surface area (Å²) in [5.41, 5.74) is 6.48. The molecular weight excluding hydrogens is 560 g/mol. The Kier molecular flexibility index (Phi) is 7.78. The highest BCUT2D eigenvalue weighted by atomic mass is 16.2. The number of amides is 2. The summed E-state index contributed by atoms with van der Waals surface area (Å²) >= 11 is 0. The third kappa shape index (κ3) is 5.46. The normalized spacial score (nSPS) is 27.1. The molecule has 1 saturated heterocycles. The lowest BCUT2D eigenvalue weighted by atomic mass is 9.78. The number of likely N-dealkylation sites (N-methyl/N-ethyl adjacent to an activating group) is 1. The van der Waals surface area contributed by atoms with Crippen LogP contribution in [0.15, 0.2) is 73.2 Å². The fourth-order valence-corrected chi connectivity index (χ4v) is 7.73. The van der Waals surface area contributed by atoms with Crippen molar-refractivity contribution in [3.8, 4) is 0 Å². The fourth-order valence-electron chi connectivity index (χ4n) is 7.73. The molecular formula is C37H42N6O2. The number of anilines is 1. The van der Waals surface area contributed by atoms with Crippen LogP contribution >= 0.6 is 0 Å². The van der Waals surface area contributed by atoms with Gasteiger partial charge in [0, 0.05) is 66.2 Å². The van der Waals surface area contributed by atoms with Gasteiger partial charge in [-0.3, -0.25) is 14.6 Å². The highest BCUT2D eigenvalue weighted by Gasteiger charge is 2.48. The van der Waals surface area contributed by atoms with Crippen LogP contribution in [0.3, 0.4) is 0 Å². The molecule has 0 saturated carbocycles. The Morgan fingerprint density at radius 3 is 2.69 bits per heavy atom. The summed E-state index contributed by atoms with van der Waals surface area (Å²) in [6.07, 6.45) is 13.1. The standard InChI is InChI=1S/C37H42N6O2/c1-24-30(27-12-8-6-9-13-27)19-32-36(45)43(24)16-15-42(3)14-10-5-4-7-11-26-17-31-34(39-22-26)40-25(2)37(31)20-28-18-29(35(44)41-32)23-38-33(28)21-37/h6-9,11-13,17-18,22-24,30,32H,2,4-5,10,14-16,19-21H2,1,3H3,(H,39,40)(H,41,44)/t24?,30?,32?,37-/m1/s1. The molecule has 45 heavy (non-hydrogen) atoms. The van der Waals surface area contributed by atoms with Crippen molar-refractivity contribution in [3.63, 3.8) is 0 Å². The van der Waals surface area contributed by atoms with Gasteiger partial charge in [-0.25, -0.2) is 4.98 Å². The number of hydrogen-bond acceptors (Lipinski definition) is 6. The van der Waals surface area contributed by atoms with Crippen molar-refractivity contribution in [3.05, 3.63) is 107 Å². The van der Waals surface area contributed by atoms with Crippen LogP contribution in [0.2, 0.25) is 0 Å². The Hall–Kier alpha value is -4.30. The Morgan fingerprint density at radius 2 is 1.84 bits per heavy atom. The van der Waals surface area contributed by atoms with E-state index in [-0.39, 0.29) is 29.2 Å². The zero-order valence-electron chi connectivity index (χ0n) is 26.3. The topological polar surface area (TPSA) is 90.5 Å². The first-order valence-corrected chi connectivity index (χ1v) is 16.3. The lowest BCUT2D eigenvalue weighted by molar-refractivity contribution is -0.139. The molecule has 1 aromatic carbocycles. The largest absolute Gasteiger partial charge is 0.343 e. The van der Waals surface area contributed by atoms with Crippen molar-refractivity contribution < 1.29 is 9.59 Å². The number of piperidine rings is 1. The molecule has 7 bridgehead atoms. The zero-order valence-corrected chi connectivity index (χ0v) is 26.3. The van der Waals surface area contributed by atoms with E-state index in [0.29, 0.717) is 31.4 Å². The lowest BCUT2D eigenvalue weighted by Crippen LogP contribution is -2.59. The van der Waals surface area contributed by atoms with Crippen molar-refractivity contribution in [2.75, 3.05) is 32.0 Å². The van der Waals surface area contributed by atoms with Crippen molar-refractivity contribution >= 4 is 23.7 Å². The third-order valence-corrected chi connectivity index (χ3v) is 10.4. The minimum atomic E-state index is -0.608. The molecule has 4 aliphatic rings. The van der Waals surface area contributed by atoms with Crippen LogP contribution < -0.4 is 10.6 Å². The van der Waals surface area contributed by atoms with Gasteiger partial charge >= 0.3 is 0 Å². The number of fused-ring (bicyclic) bond motifs is 4. The summed E-state index contributed by atoms with van der Waals surface area (Å²) in [6, 6.07) is 14.0. The summed E-state index contributed by atoms with van der Waals surface area (Å²) in [4.78, 5) is 41.5. The molecule has 1 spiro atoms. The first-order valence-electron chi connectivity index (χ1n) is 16.3. The molecule has 4 atom stereocenters. The Morgan fingerprint density at radius 1 is 1.00 bits per heavy atom. The summed E-state index contributed by atoms with van der Waals surface area (Å²) in [7, 11) is 2.13. The summed E-state index contributed by atoms with van der Waals surface area (Å²) in [6.45, 7) is 8.92. The summed E-state index contributed by atoms with van der Waals surface area (Å²) in [5.74, 6) is 0.699. The number of hydrogen-bond donors (Lipinski definition) is 2. The van der Waals surface area contributed by atoms with Crippen molar-refractivity contribution in [2.24, 2.45) is 0 Å². The van der Waals surface area contributed by atoms with E-state index in [1.54, 1.807) is 6.20 Å². The van der Waals surface area contributed by atoms with Gasteiger partial charge < -0.3 is 20.4 Å². The Balaban J connectivity index is 1.22. The van der Waals surface area contributed by atoms with Crippen LogP contribution in [-0.2, 0) is 23.1 Å². The number of rotatable bonds is 1. The second-order valence-electron chi connectivity index (χ2n) is 13.3. The maximum Gasteiger partial charge on any atom is 0.253 e. The van der Waals surface area contributed by atoms with Crippen LogP contribution in [0.1, 0.15) is 76.8 Å². The van der Waals surface area contributed by atoms with E-state index in [0.717, 1.165) is 66.3 Å². The number of aromatic nitrogens is 2. The fraction of sp³-hybridized carbons (Fsp3) is 0.405. The van der Waals surface area contributed by atoms with Crippen LogP contribution in [0.4, 0.5) is 5.82 Å². The van der Waals surface area contributed by atoms with E-state index in [2.05, 4.69) is 66.4 Å². The van der Waals surface area contributed by atoms with Gasteiger partial charge in [-0.1, -0.05) is 49.1 Å². The third-order valence-electron chi connectivity index (χ3n) is 10.4. The van der Waals surface area contributed by atoms with Gasteiger partial charge in [0.1, 0.15) is 11.9 Å². The van der Waals surface area contributed by atoms with Crippen LogP contribution in [-0.4, -0.2) is 70.3 Å². The van der Waals surface area contributed by atoms with Gasteiger partial charge in [0.25, 0.3) is 5.91 Å². The number of carbonyl (C=O) groups excluding carboxylic acids is 2. The van der Waals surface area contributed by atoms with Gasteiger partial charge in [0.2, 0.25) is 5.91 Å². The summed E-state index contributed by atoms with van der Waals surface area (Å²) in [5, 5.41) is 6.56. The van der Waals surface area contributed by atoms with Crippen molar-refractivity contribution in [2.45, 2.75) is 68.9 Å². The second-order valence-corrected chi connectivity index (χ2v) is 13.3. The van der Waals surface area contributed by atoms with E-state index in [1.165, 1.54) is 5.56 Å². The summed E-state index contributed by atoms with van der Waals surface area (Å²) < 4.78 is 0. The SMILES string of the molecule is C=C1Nc2ncc3cc2[C@@]12Cc1cc(cnc1C2)C(=O)NC1CC(c2ccccc2)C(C)N(CCN(C)CCCCC=C3)C1=O. The lowest BCUT2D eigenvalue weighted by Gasteiger charge is -2.43. The molecule has 8 nitrogen and oxygen atoms in total. The molecule has 8 heteroatoms. The molecule has 232 valence electrons. The minimum absolute atomic E-state index is 0.00924. The van der Waals surface area contributed by atoms with E-state index in [1.807, 2.05) is 35.4 Å². The molecule has 7 rings (SSSR count). The molecule has 1 aliphatic carbocycles. The van der Waals surface area contributed by atoms with E-state index in [9.17, 15) is 9.59 Å². The van der Waals surface area contributed by atoms with Gasteiger partial charge in [-0.05, 0) is 81.4 Å². The monoisotopic (exact) mass is 602 g/mol. The quantitative estimate of drug-likeness (QED) is 0.404. The average Bonchev–Trinajstić information content (AvgIpc) is 3.56. The Bertz CT molecular complexity index is 1670.